The van der Waals surface area contributed by atoms with Crippen LogP contribution in [0.25, 0.3) is 11.1 Å². The molecular formula is C18H18N4O3. The number of hydrogen-bond acceptors (Lipinski definition) is 4. The van der Waals surface area contributed by atoms with Gasteiger partial charge >= 0.3 is 0 Å². The van der Waals surface area contributed by atoms with Gasteiger partial charge in [0.15, 0.2) is 0 Å². The largest absolute Gasteiger partial charge is 0.366 e. The Morgan fingerprint density at radius 3 is 2.04 bits per heavy atom. The normalized spacial score (nSPS) is 10.0. The molecule has 0 aliphatic carbocycles. The van der Waals surface area contributed by atoms with Gasteiger partial charge in [-0.05, 0) is 38.1 Å². The number of aromatic nitrogens is 1. The van der Waals surface area contributed by atoms with E-state index in [4.69, 9.17) is 11.5 Å². The molecule has 3 amide bonds. The number of nitrogens with one attached hydrogen (secondary N) is 1. The molecule has 0 spiro atoms. The maximum atomic E-state index is 11.7. The van der Waals surface area contributed by atoms with Gasteiger partial charge in [0.2, 0.25) is 17.7 Å². The molecule has 1 aromatic heterocycles. The van der Waals surface area contributed by atoms with Crippen LogP contribution in [0.3, 0.4) is 0 Å². The van der Waals surface area contributed by atoms with Gasteiger partial charge in [0, 0.05) is 34.5 Å². The summed E-state index contributed by atoms with van der Waals surface area (Å²) in [5.74, 6) is -1.32. The van der Waals surface area contributed by atoms with Crippen LogP contribution in [0, 0.1) is 0 Å². The zero-order valence-electron chi connectivity index (χ0n) is 13.9. The Morgan fingerprint density at radius 1 is 1.00 bits per heavy atom. The van der Waals surface area contributed by atoms with E-state index in [0.717, 1.165) is 5.57 Å². The number of anilines is 1. The van der Waals surface area contributed by atoms with E-state index in [9.17, 15) is 14.4 Å². The van der Waals surface area contributed by atoms with Crippen molar-refractivity contribution in [3.05, 3.63) is 59.3 Å². The van der Waals surface area contributed by atoms with E-state index in [2.05, 4.69) is 10.3 Å². The Morgan fingerprint density at radius 2 is 1.60 bits per heavy atom. The van der Waals surface area contributed by atoms with Crippen LogP contribution in [-0.2, 0) is 4.79 Å². The summed E-state index contributed by atoms with van der Waals surface area (Å²) in [5, 5.41) is 2.62. The number of hydrogen-bond donors (Lipinski definition) is 3. The van der Waals surface area contributed by atoms with Crippen molar-refractivity contribution in [2.75, 3.05) is 5.32 Å². The highest BCUT2D eigenvalue weighted by Gasteiger charge is 2.17. The number of benzene rings is 1. The van der Waals surface area contributed by atoms with Gasteiger partial charge in [0.25, 0.3) is 0 Å². The average molecular weight is 338 g/mol. The molecule has 25 heavy (non-hydrogen) atoms. The van der Waals surface area contributed by atoms with Gasteiger partial charge in [-0.15, -0.1) is 0 Å². The lowest BCUT2D eigenvalue weighted by molar-refractivity contribution is -0.112. The first kappa shape index (κ1) is 17.9. The van der Waals surface area contributed by atoms with Crippen molar-refractivity contribution in [3.63, 3.8) is 0 Å². The number of nitrogens with two attached hydrogens (primary N) is 2. The molecule has 0 atom stereocenters. The summed E-state index contributed by atoms with van der Waals surface area (Å²) in [6.07, 6.45) is 2.88. The quantitative estimate of drug-likeness (QED) is 0.719. The Hall–Kier alpha value is -3.48. The lowest BCUT2D eigenvalue weighted by atomic mass is 9.94. The molecule has 1 heterocycles. The first-order valence-corrected chi connectivity index (χ1v) is 7.44. The van der Waals surface area contributed by atoms with Crippen LogP contribution in [0.2, 0.25) is 0 Å². The maximum Gasteiger partial charge on any atom is 0.249 e. The smallest absolute Gasteiger partial charge is 0.249 e. The highest BCUT2D eigenvalue weighted by Crippen LogP contribution is 2.28. The lowest BCUT2D eigenvalue weighted by Crippen LogP contribution is -2.18. The monoisotopic (exact) mass is 338 g/mol. The summed E-state index contributed by atoms with van der Waals surface area (Å²) >= 11 is 0. The van der Waals surface area contributed by atoms with Crippen molar-refractivity contribution < 1.29 is 14.4 Å². The van der Waals surface area contributed by atoms with Crippen molar-refractivity contribution in [2.45, 2.75) is 13.8 Å². The molecule has 0 aliphatic heterocycles. The Bertz CT molecular complexity index is 834. The molecule has 2 rings (SSSR count). The number of nitrogens with zero attached hydrogens (tertiary/aromatic N) is 1. The summed E-state index contributed by atoms with van der Waals surface area (Å²) in [6.45, 7) is 3.62. The molecule has 2 aromatic rings. The molecule has 0 bridgehead atoms. The highest BCUT2D eigenvalue weighted by molar-refractivity contribution is 6.08. The zero-order valence-corrected chi connectivity index (χ0v) is 13.9. The minimum absolute atomic E-state index is 0.166. The summed E-state index contributed by atoms with van der Waals surface area (Å²) in [6, 6.07) is 7.74. The third kappa shape index (κ3) is 4.29. The number of allylic oxidation sites excluding steroid dienone is 1. The summed E-state index contributed by atoms with van der Waals surface area (Å²) in [7, 11) is 0. The van der Waals surface area contributed by atoms with Crippen molar-refractivity contribution in [3.8, 4) is 11.1 Å². The molecule has 0 radical (unpaired) electrons. The topological polar surface area (TPSA) is 128 Å². The maximum absolute atomic E-state index is 11.7. The van der Waals surface area contributed by atoms with Gasteiger partial charge < -0.3 is 16.8 Å². The molecule has 7 nitrogen and oxygen atoms in total. The SMILES string of the molecule is CC(C)=CC(=O)Nc1ccc(-c2c(C(N)=O)cccc2C(N)=O)cn1. The lowest BCUT2D eigenvalue weighted by Gasteiger charge is -2.11. The van der Waals surface area contributed by atoms with Gasteiger partial charge in [-0.1, -0.05) is 11.6 Å². The fraction of sp³-hybridized carbons (Fsp3) is 0.111. The van der Waals surface area contributed by atoms with Crippen molar-refractivity contribution in [2.24, 2.45) is 11.5 Å². The van der Waals surface area contributed by atoms with Crippen LogP contribution in [0.1, 0.15) is 34.6 Å². The second kappa shape index (κ2) is 7.39. The standard InChI is InChI=1S/C18H18N4O3/c1-10(2)8-15(23)22-14-7-6-11(9-21-14)16-12(17(19)24)4-3-5-13(16)18(20)25/h3-9H,1-2H3,(H2,19,24)(H2,20,25)(H,21,22,23). The molecular weight excluding hydrogens is 320 g/mol. The third-order valence-corrected chi connectivity index (χ3v) is 3.32. The van der Waals surface area contributed by atoms with Crippen LogP contribution in [-0.4, -0.2) is 22.7 Å². The van der Waals surface area contributed by atoms with Crippen LogP contribution in [0.15, 0.2) is 48.2 Å². The Labute approximate surface area is 144 Å². The minimum atomic E-state index is -0.681. The molecule has 0 aliphatic rings. The number of rotatable bonds is 5. The van der Waals surface area contributed by atoms with Crippen molar-refractivity contribution >= 4 is 23.5 Å². The fourth-order valence-electron chi connectivity index (χ4n) is 2.31. The van der Waals surface area contributed by atoms with Crippen molar-refractivity contribution in [1.29, 1.82) is 0 Å². The minimum Gasteiger partial charge on any atom is -0.366 e. The average Bonchev–Trinajstić information content (AvgIpc) is 2.54. The fourth-order valence-corrected chi connectivity index (χ4v) is 2.31. The number of carbonyl (C=O) groups excluding carboxylic acids is 3. The van der Waals surface area contributed by atoms with Gasteiger partial charge in [-0.3, -0.25) is 14.4 Å². The van der Waals surface area contributed by atoms with Gasteiger partial charge in [0.1, 0.15) is 5.82 Å². The first-order valence-electron chi connectivity index (χ1n) is 7.44. The van der Waals surface area contributed by atoms with Crippen LogP contribution in [0.5, 0.6) is 0 Å². The molecule has 0 saturated heterocycles. The highest BCUT2D eigenvalue weighted by atomic mass is 16.2. The number of pyridine rings is 1. The predicted molar refractivity (Wildman–Crippen MR) is 94.8 cm³/mol. The molecule has 1 aromatic carbocycles. The van der Waals surface area contributed by atoms with Crippen LogP contribution >= 0.6 is 0 Å². The van der Waals surface area contributed by atoms with E-state index >= 15 is 0 Å². The zero-order chi connectivity index (χ0) is 18.6. The van der Waals surface area contributed by atoms with E-state index in [0.29, 0.717) is 16.9 Å². The predicted octanol–water partition coefficient (Wildman–Crippen LogP) is 1.85. The number of primary amides is 2. The third-order valence-electron chi connectivity index (χ3n) is 3.32. The van der Waals surface area contributed by atoms with Crippen molar-refractivity contribution in [1.82, 2.24) is 4.98 Å². The van der Waals surface area contributed by atoms with Gasteiger partial charge in [0.05, 0.1) is 0 Å². The van der Waals surface area contributed by atoms with Crippen LogP contribution < -0.4 is 16.8 Å². The first-order chi connectivity index (χ1) is 11.8. The van der Waals surface area contributed by atoms with E-state index < -0.39 is 11.8 Å². The molecule has 128 valence electrons. The molecule has 5 N–H and O–H groups in total. The molecule has 7 heteroatoms. The molecule has 0 unspecified atom stereocenters. The second-order valence-corrected chi connectivity index (χ2v) is 5.60. The summed E-state index contributed by atoms with van der Waals surface area (Å²) in [4.78, 5) is 39.2. The van der Waals surface area contributed by atoms with E-state index in [-0.39, 0.29) is 17.0 Å². The number of carbonyl (C=O) groups is 3. The molecule has 0 fully saturated rings. The second-order valence-electron chi connectivity index (χ2n) is 5.60. The Balaban J connectivity index is 2.43. The van der Waals surface area contributed by atoms with E-state index in [1.54, 1.807) is 12.1 Å². The van der Waals surface area contributed by atoms with E-state index in [1.807, 2.05) is 13.8 Å². The summed E-state index contributed by atoms with van der Waals surface area (Å²) < 4.78 is 0. The molecule has 0 saturated carbocycles. The van der Waals surface area contributed by atoms with Crippen LogP contribution in [0.4, 0.5) is 5.82 Å². The van der Waals surface area contributed by atoms with Gasteiger partial charge in [-0.2, -0.15) is 0 Å². The van der Waals surface area contributed by atoms with Gasteiger partial charge in [-0.25, -0.2) is 4.98 Å². The summed E-state index contributed by atoms with van der Waals surface area (Å²) in [5.41, 5.74) is 12.8. The number of amides is 3. The Kier molecular flexibility index (Phi) is 5.28. The van der Waals surface area contributed by atoms with E-state index in [1.165, 1.54) is 30.5 Å².